The summed E-state index contributed by atoms with van der Waals surface area (Å²) >= 11 is 1.56. The Morgan fingerprint density at radius 3 is 2.74 bits per heavy atom. The van der Waals surface area contributed by atoms with Gasteiger partial charge in [-0.3, -0.25) is 0 Å². The van der Waals surface area contributed by atoms with Crippen molar-refractivity contribution in [1.29, 1.82) is 0 Å². The number of nitrogens with one attached hydrogen (secondary N) is 1. The average molecular weight is 479 g/mol. The van der Waals surface area contributed by atoms with Gasteiger partial charge in [-0.25, -0.2) is 9.48 Å². The Morgan fingerprint density at radius 2 is 1.97 bits per heavy atom. The maximum Gasteiger partial charge on any atom is 0.338 e. The Labute approximate surface area is 204 Å². The zero-order valence-corrected chi connectivity index (χ0v) is 20.6. The Morgan fingerprint density at radius 1 is 1.15 bits per heavy atom. The molecule has 2 heterocycles. The smallest absolute Gasteiger partial charge is 0.338 e. The number of esters is 1. The fourth-order valence-electron chi connectivity index (χ4n) is 3.80. The van der Waals surface area contributed by atoms with Gasteiger partial charge in [0.05, 0.1) is 12.2 Å². The highest BCUT2D eigenvalue weighted by atomic mass is 32.2. The monoisotopic (exact) mass is 478 g/mol. The Kier molecular flexibility index (Phi) is 7.90. The number of hydrogen-bond acceptors (Lipinski definition) is 7. The molecule has 4 rings (SSSR count). The van der Waals surface area contributed by atoms with E-state index in [0.29, 0.717) is 29.9 Å². The predicted molar refractivity (Wildman–Crippen MR) is 134 cm³/mol. The number of hydrogen-bond donors (Lipinski definition) is 1. The Balaban J connectivity index is 1.67. The largest absolute Gasteiger partial charge is 0.489 e. The quantitative estimate of drug-likeness (QED) is 0.231. The van der Waals surface area contributed by atoms with Gasteiger partial charge in [-0.2, -0.15) is 4.98 Å². The second-order valence-corrected chi connectivity index (χ2v) is 9.23. The van der Waals surface area contributed by atoms with Crippen LogP contribution in [0.15, 0.2) is 71.0 Å². The standard InChI is InChI=1S/C26H30N4O3S/c1-4-6-15-32-24(31)22-18(3)27-25-28-26(34-5-2)29-30(25)23(22)20-13-10-14-21(16-20)33-17-19-11-8-7-9-12-19/h7-14,16,23H,4-6,15,17H2,1-3H3,(H,27,28,29). The maximum absolute atomic E-state index is 13.2. The summed E-state index contributed by atoms with van der Waals surface area (Å²) in [6, 6.07) is 17.4. The Bertz CT molecular complexity index is 1160. The molecule has 1 N–H and O–H groups in total. The number of aromatic nitrogens is 3. The molecule has 3 aromatic rings. The van der Waals surface area contributed by atoms with Gasteiger partial charge in [0.1, 0.15) is 18.4 Å². The van der Waals surface area contributed by atoms with Crippen molar-refractivity contribution < 1.29 is 14.3 Å². The zero-order valence-electron chi connectivity index (χ0n) is 19.8. The minimum atomic E-state index is -0.468. The molecular weight excluding hydrogens is 448 g/mol. The van der Waals surface area contributed by atoms with Crippen LogP contribution in [0.25, 0.3) is 0 Å². The van der Waals surface area contributed by atoms with Crippen molar-refractivity contribution in [2.24, 2.45) is 0 Å². The lowest BCUT2D eigenvalue weighted by Gasteiger charge is -2.28. The molecule has 2 aromatic carbocycles. The number of ether oxygens (including phenoxy) is 2. The first kappa shape index (κ1) is 23.9. The molecule has 1 unspecified atom stereocenters. The molecule has 0 aliphatic carbocycles. The van der Waals surface area contributed by atoms with Crippen molar-refractivity contribution in [3.8, 4) is 5.75 Å². The first-order valence-electron chi connectivity index (χ1n) is 11.6. The van der Waals surface area contributed by atoms with Crippen LogP contribution in [0.2, 0.25) is 0 Å². The third-order valence-electron chi connectivity index (χ3n) is 5.48. The fraction of sp³-hybridized carbons (Fsp3) is 0.346. The van der Waals surface area contributed by atoms with E-state index in [1.54, 1.807) is 16.4 Å². The molecule has 34 heavy (non-hydrogen) atoms. The van der Waals surface area contributed by atoms with Gasteiger partial charge in [-0.1, -0.05) is 74.5 Å². The van der Waals surface area contributed by atoms with Crippen LogP contribution in [0.1, 0.15) is 50.8 Å². The predicted octanol–water partition coefficient (Wildman–Crippen LogP) is 5.60. The van der Waals surface area contributed by atoms with Crippen molar-refractivity contribution in [2.75, 3.05) is 17.7 Å². The molecule has 1 aromatic heterocycles. The molecule has 1 atom stereocenters. The van der Waals surface area contributed by atoms with Gasteiger partial charge in [-0.15, -0.1) is 5.10 Å². The third-order valence-corrected chi connectivity index (χ3v) is 6.20. The van der Waals surface area contributed by atoms with Gasteiger partial charge in [0.25, 0.3) is 0 Å². The van der Waals surface area contributed by atoms with Gasteiger partial charge in [0.2, 0.25) is 11.1 Å². The highest BCUT2D eigenvalue weighted by molar-refractivity contribution is 7.99. The van der Waals surface area contributed by atoms with Crippen LogP contribution in [-0.4, -0.2) is 33.1 Å². The lowest BCUT2D eigenvalue weighted by molar-refractivity contribution is -0.139. The summed E-state index contributed by atoms with van der Waals surface area (Å²) in [6.45, 7) is 6.86. The molecular formula is C26H30N4O3S. The normalized spacial score (nSPS) is 15.0. The molecule has 0 fully saturated rings. The first-order chi connectivity index (χ1) is 16.6. The number of rotatable bonds is 10. The zero-order chi connectivity index (χ0) is 23.9. The summed E-state index contributed by atoms with van der Waals surface area (Å²) in [4.78, 5) is 17.8. The van der Waals surface area contributed by atoms with Gasteiger partial charge >= 0.3 is 5.97 Å². The third kappa shape index (κ3) is 5.44. The van der Waals surface area contributed by atoms with E-state index in [1.165, 1.54) is 0 Å². The molecule has 0 saturated carbocycles. The second-order valence-electron chi connectivity index (χ2n) is 8.00. The molecule has 0 radical (unpaired) electrons. The second kappa shape index (κ2) is 11.2. The molecule has 1 aliphatic heterocycles. The number of allylic oxidation sites excluding steroid dienone is 1. The number of anilines is 1. The van der Waals surface area contributed by atoms with Crippen LogP contribution in [0, 0.1) is 0 Å². The van der Waals surface area contributed by atoms with E-state index in [-0.39, 0.29) is 5.97 Å². The average Bonchev–Trinajstić information content (AvgIpc) is 3.25. The van der Waals surface area contributed by atoms with Gasteiger partial charge in [0, 0.05) is 5.70 Å². The molecule has 1 aliphatic rings. The maximum atomic E-state index is 13.2. The van der Waals surface area contributed by atoms with E-state index in [4.69, 9.17) is 14.6 Å². The number of benzene rings is 2. The van der Waals surface area contributed by atoms with E-state index in [1.807, 2.05) is 61.5 Å². The summed E-state index contributed by atoms with van der Waals surface area (Å²) in [5.41, 5.74) is 3.22. The van der Waals surface area contributed by atoms with Crippen LogP contribution < -0.4 is 10.1 Å². The Hall–Kier alpha value is -3.26. The lowest BCUT2D eigenvalue weighted by Crippen LogP contribution is -2.29. The molecule has 0 spiro atoms. The van der Waals surface area contributed by atoms with Gasteiger partial charge in [-0.05, 0) is 42.4 Å². The van der Waals surface area contributed by atoms with Crippen LogP contribution in [0.4, 0.5) is 5.95 Å². The van der Waals surface area contributed by atoms with E-state index in [2.05, 4.69) is 24.1 Å². The van der Waals surface area contributed by atoms with Crippen LogP contribution in [0.3, 0.4) is 0 Å². The molecule has 0 amide bonds. The van der Waals surface area contributed by atoms with E-state index in [9.17, 15) is 4.79 Å². The topological polar surface area (TPSA) is 78.3 Å². The minimum absolute atomic E-state index is 0.343. The highest BCUT2D eigenvalue weighted by Gasteiger charge is 2.35. The number of fused-ring (bicyclic) bond motifs is 1. The number of unbranched alkanes of at least 4 members (excludes halogenated alkanes) is 1. The number of thioether (sulfide) groups is 1. The van der Waals surface area contributed by atoms with Crippen LogP contribution in [0.5, 0.6) is 5.75 Å². The summed E-state index contributed by atoms with van der Waals surface area (Å²) in [6.07, 6.45) is 1.78. The molecule has 7 nitrogen and oxygen atoms in total. The van der Waals surface area contributed by atoms with Gasteiger partial charge in [0.15, 0.2) is 0 Å². The molecule has 178 valence electrons. The number of carbonyl (C=O) groups is 1. The van der Waals surface area contributed by atoms with E-state index in [0.717, 1.165) is 41.2 Å². The van der Waals surface area contributed by atoms with Crippen molar-refractivity contribution in [1.82, 2.24) is 14.8 Å². The van der Waals surface area contributed by atoms with Crippen molar-refractivity contribution in [3.05, 3.63) is 77.0 Å². The first-order valence-corrected chi connectivity index (χ1v) is 12.6. The van der Waals surface area contributed by atoms with Crippen molar-refractivity contribution in [2.45, 2.75) is 51.4 Å². The number of nitrogens with zero attached hydrogens (tertiary/aromatic N) is 3. The highest BCUT2D eigenvalue weighted by Crippen LogP contribution is 2.37. The summed E-state index contributed by atoms with van der Waals surface area (Å²) in [7, 11) is 0. The molecule has 8 heteroatoms. The summed E-state index contributed by atoms with van der Waals surface area (Å²) < 4.78 is 13.4. The molecule has 0 bridgehead atoms. The summed E-state index contributed by atoms with van der Waals surface area (Å²) in [5, 5.41) is 8.62. The minimum Gasteiger partial charge on any atom is -0.489 e. The van der Waals surface area contributed by atoms with Gasteiger partial charge < -0.3 is 14.8 Å². The number of carbonyl (C=O) groups excluding carboxylic acids is 1. The molecule has 0 saturated heterocycles. The van der Waals surface area contributed by atoms with Crippen LogP contribution >= 0.6 is 11.8 Å². The van der Waals surface area contributed by atoms with Crippen LogP contribution in [-0.2, 0) is 16.1 Å². The summed E-state index contributed by atoms with van der Waals surface area (Å²) in [5.74, 6) is 1.85. The van der Waals surface area contributed by atoms with Crippen molar-refractivity contribution in [3.63, 3.8) is 0 Å². The SMILES string of the molecule is CCCCOC(=O)C1=C(C)Nc2nc(SCC)nn2C1c1cccc(OCc2ccccc2)c1. The lowest BCUT2D eigenvalue weighted by atomic mass is 9.95. The van der Waals surface area contributed by atoms with E-state index < -0.39 is 6.04 Å². The van der Waals surface area contributed by atoms with E-state index >= 15 is 0 Å². The fourth-order valence-corrected chi connectivity index (χ4v) is 4.35. The van der Waals surface area contributed by atoms with Crippen molar-refractivity contribution >= 4 is 23.7 Å².